The Balaban J connectivity index is 1.95. The van der Waals surface area contributed by atoms with E-state index in [1.54, 1.807) is 31.0 Å². The Labute approximate surface area is 138 Å². The second-order valence-electron chi connectivity index (χ2n) is 5.47. The molecule has 0 fully saturated rings. The maximum atomic E-state index is 12.9. The van der Waals surface area contributed by atoms with Crippen LogP contribution in [-0.4, -0.2) is 27.3 Å². The average molecular weight is 333 g/mol. The van der Waals surface area contributed by atoms with E-state index in [1.165, 1.54) is 12.1 Å². The highest BCUT2D eigenvalue weighted by Gasteiger charge is 2.23. The number of carbonyl (C=O) groups is 1. The summed E-state index contributed by atoms with van der Waals surface area (Å²) in [6, 6.07) is 15.5. The van der Waals surface area contributed by atoms with E-state index in [0.717, 1.165) is 11.1 Å². The fourth-order valence-corrected chi connectivity index (χ4v) is 3.40. The van der Waals surface area contributed by atoms with Gasteiger partial charge in [0.2, 0.25) is 5.91 Å². The van der Waals surface area contributed by atoms with Gasteiger partial charge in [0.1, 0.15) is 11.1 Å². The molecule has 3 nitrogen and oxygen atoms in total. The summed E-state index contributed by atoms with van der Waals surface area (Å²) in [5.41, 5.74) is 1.79. The van der Waals surface area contributed by atoms with E-state index in [4.69, 9.17) is 0 Å². The zero-order valence-electron chi connectivity index (χ0n) is 13.2. The van der Waals surface area contributed by atoms with Gasteiger partial charge in [-0.2, -0.15) is 0 Å². The van der Waals surface area contributed by atoms with Crippen molar-refractivity contribution in [2.75, 3.05) is 7.05 Å². The van der Waals surface area contributed by atoms with Crippen LogP contribution in [0.2, 0.25) is 0 Å². The summed E-state index contributed by atoms with van der Waals surface area (Å²) < 4.78 is 25.3. The Kier molecular flexibility index (Phi) is 6.04. The van der Waals surface area contributed by atoms with Gasteiger partial charge in [0.05, 0.1) is 0 Å². The van der Waals surface area contributed by atoms with Crippen molar-refractivity contribution in [3.05, 3.63) is 71.5 Å². The van der Waals surface area contributed by atoms with Crippen molar-refractivity contribution in [2.24, 2.45) is 0 Å². The fourth-order valence-electron chi connectivity index (χ4n) is 2.23. The maximum absolute atomic E-state index is 12.9. The Morgan fingerprint density at radius 3 is 2.30 bits per heavy atom. The molecule has 5 heteroatoms. The molecule has 0 radical (unpaired) electrons. The molecule has 122 valence electrons. The van der Waals surface area contributed by atoms with Crippen LogP contribution in [0.5, 0.6) is 0 Å². The first-order valence-electron chi connectivity index (χ1n) is 7.38. The first-order valence-corrected chi connectivity index (χ1v) is 8.76. The smallest absolute Gasteiger partial charge is 0.238 e. The standard InChI is InChI=1S/C18H20FNO2S/c1-14(23(22)13-16-8-10-17(19)11-9-16)18(21)20(2)12-15-6-4-3-5-7-15/h3-11,14H,12-13H2,1-2H3/t14-,23-/m1/s1. The van der Waals surface area contributed by atoms with Crippen LogP contribution in [-0.2, 0) is 27.9 Å². The highest BCUT2D eigenvalue weighted by atomic mass is 32.2. The first-order chi connectivity index (χ1) is 11.0. The molecule has 2 atom stereocenters. The van der Waals surface area contributed by atoms with E-state index in [9.17, 15) is 13.4 Å². The minimum absolute atomic E-state index is 0.158. The number of halogens is 1. The van der Waals surface area contributed by atoms with Crippen LogP contribution in [0.25, 0.3) is 0 Å². The number of benzene rings is 2. The molecule has 0 aliphatic heterocycles. The number of hydrogen-bond acceptors (Lipinski definition) is 2. The summed E-state index contributed by atoms with van der Waals surface area (Å²) >= 11 is 0. The third-order valence-corrected chi connectivity index (χ3v) is 5.21. The van der Waals surface area contributed by atoms with Crippen molar-refractivity contribution in [3.8, 4) is 0 Å². The van der Waals surface area contributed by atoms with Gasteiger partial charge < -0.3 is 4.90 Å². The Hall–Kier alpha value is -2.01. The van der Waals surface area contributed by atoms with Crippen LogP contribution in [0, 0.1) is 5.82 Å². The average Bonchev–Trinajstić information content (AvgIpc) is 2.56. The van der Waals surface area contributed by atoms with E-state index >= 15 is 0 Å². The SMILES string of the molecule is C[C@H](C(=O)N(C)Cc1ccccc1)[S@](=O)Cc1ccc(F)cc1. The van der Waals surface area contributed by atoms with Gasteiger partial charge in [0.25, 0.3) is 0 Å². The predicted octanol–water partition coefficient (Wildman–Crippen LogP) is 3.12. The van der Waals surface area contributed by atoms with Crippen molar-refractivity contribution in [3.63, 3.8) is 0 Å². The number of nitrogens with zero attached hydrogens (tertiary/aromatic N) is 1. The summed E-state index contributed by atoms with van der Waals surface area (Å²) in [6.45, 7) is 2.15. The Morgan fingerprint density at radius 2 is 1.70 bits per heavy atom. The van der Waals surface area contributed by atoms with Gasteiger partial charge in [-0.05, 0) is 30.2 Å². The summed E-state index contributed by atoms with van der Waals surface area (Å²) in [6.07, 6.45) is 0. The molecule has 0 aliphatic rings. The fraction of sp³-hybridized carbons (Fsp3) is 0.278. The van der Waals surface area contributed by atoms with Gasteiger partial charge in [0, 0.05) is 30.1 Å². The lowest BCUT2D eigenvalue weighted by Crippen LogP contribution is -2.37. The number of amides is 1. The van der Waals surface area contributed by atoms with Crippen molar-refractivity contribution in [1.82, 2.24) is 4.90 Å². The van der Waals surface area contributed by atoms with Gasteiger partial charge in [-0.25, -0.2) is 4.39 Å². The monoisotopic (exact) mass is 333 g/mol. The van der Waals surface area contributed by atoms with Crippen molar-refractivity contribution >= 4 is 16.7 Å². The van der Waals surface area contributed by atoms with E-state index in [-0.39, 0.29) is 17.5 Å². The minimum atomic E-state index is -1.34. The normalized spacial score (nSPS) is 13.3. The Bertz CT molecular complexity index is 673. The second kappa shape index (κ2) is 8.02. The molecule has 2 rings (SSSR count). The molecule has 0 aromatic heterocycles. The van der Waals surface area contributed by atoms with E-state index in [2.05, 4.69) is 0 Å². The van der Waals surface area contributed by atoms with Crippen molar-refractivity contribution < 1.29 is 13.4 Å². The Morgan fingerprint density at radius 1 is 1.09 bits per heavy atom. The molecule has 0 saturated heterocycles. The quantitative estimate of drug-likeness (QED) is 0.814. The lowest BCUT2D eigenvalue weighted by molar-refractivity contribution is -0.129. The van der Waals surface area contributed by atoms with Crippen LogP contribution in [0.15, 0.2) is 54.6 Å². The summed E-state index contributed by atoms with van der Waals surface area (Å²) in [5, 5.41) is -0.603. The molecule has 0 N–H and O–H groups in total. The van der Waals surface area contributed by atoms with Crippen LogP contribution < -0.4 is 0 Å². The zero-order chi connectivity index (χ0) is 16.8. The molecule has 0 spiro atoms. The molecule has 23 heavy (non-hydrogen) atoms. The lowest BCUT2D eigenvalue weighted by atomic mass is 10.2. The van der Waals surface area contributed by atoms with Crippen molar-refractivity contribution in [2.45, 2.75) is 24.5 Å². The summed E-state index contributed by atoms with van der Waals surface area (Å²) in [7, 11) is 0.365. The maximum Gasteiger partial charge on any atom is 0.238 e. The van der Waals surface area contributed by atoms with Gasteiger partial charge in [-0.1, -0.05) is 42.5 Å². The largest absolute Gasteiger partial charge is 0.340 e. The van der Waals surface area contributed by atoms with Crippen LogP contribution in [0.3, 0.4) is 0 Å². The summed E-state index contributed by atoms with van der Waals surface area (Å²) in [5.74, 6) is -0.243. The van der Waals surface area contributed by atoms with Gasteiger partial charge >= 0.3 is 0 Å². The molecule has 0 bridgehead atoms. The number of hydrogen-bond donors (Lipinski definition) is 0. The molecule has 0 unspecified atom stereocenters. The van der Waals surface area contributed by atoms with Crippen LogP contribution in [0.4, 0.5) is 4.39 Å². The van der Waals surface area contributed by atoms with Crippen LogP contribution in [0.1, 0.15) is 18.1 Å². The van der Waals surface area contributed by atoms with Gasteiger partial charge in [-0.15, -0.1) is 0 Å². The topological polar surface area (TPSA) is 37.4 Å². The third kappa shape index (κ3) is 4.99. The highest BCUT2D eigenvalue weighted by Crippen LogP contribution is 2.12. The number of rotatable bonds is 6. The highest BCUT2D eigenvalue weighted by molar-refractivity contribution is 7.85. The third-order valence-electron chi connectivity index (χ3n) is 3.60. The zero-order valence-corrected chi connectivity index (χ0v) is 14.1. The predicted molar refractivity (Wildman–Crippen MR) is 90.6 cm³/mol. The lowest BCUT2D eigenvalue weighted by Gasteiger charge is -2.21. The van der Waals surface area contributed by atoms with Gasteiger partial charge in [-0.3, -0.25) is 9.00 Å². The first kappa shape index (κ1) is 17.3. The van der Waals surface area contributed by atoms with E-state index < -0.39 is 16.0 Å². The molecular formula is C18H20FNO2S. The molecule has 0 heterocycles. The molecule has 0 aliphatic carbocycles. The molecule has 1 amide bonds. The molecule has 2 aromatic rings. The van der Waals surface area contributed by atoms with E-state index in [0.29, 0.717) is 6.54 Å². The minimum Gasteiger partial charge on any atom is -0.340 e. The molecule has 0 saturated carbocycles. The second-order valence-corrected chi connectivity index (χ2v) is 7.23. The van der Waals surface area contributed by atoms with Crippen molar-refractivity contribution in [1.29, 1.82) is 0 Å². The van der Waals surface area contributed by atoms with Crippen LogP contribution >= 0.6 is 0 Å². The molecular weight excluding hydrogens is 313 g/mol. The molecule has 2 aromatic carbocycles. The van der Waals surface area contributed by atoms with Gasteiger partial charge in [0.15, 0.2) is 0 Å². The van der Waals surface area contributed by atoms with E-state index in [1.807, 2.05) is 30.3 Å². The number of carbonyl (C=O) groups excluding carboxylic acids is 1. The summed E-state index contributed by atoms with van der Waals surface area (Å²) in [4.78, 5) is 14.0.